The van der Waals surface area contributed by atoms with E-state index in [1.807, 2.05) is 29.2 Å². The van der Waals surface area contributed by atoms with Gasteiger partial charge < -0.3 is 14.4 Å². The van der Waals surface area contributed by atoms with Crippen molar-refractivity contribution < 1.29 is 9.32 Å². The molecule has 1 amide bonds. The number of aromatic amines is 1. The van der Waals surface area contributed by atoms with E-state index in [2.05, 4.69) is 21.3 Å². The zero-order valence-electron chi connectivity index (χ0n) is 15.9. The Hall–Kier alpha value is -2.89. The van der Waals surface area contributed by atoms with Gasteiger partial charge in [0.15, 0.2) is 0 Å². The Morgan fingerprint density at radius 3 is 2.82 bits per heavy atom. The highest BCUT2D eigenvalue weighted by Gasteiger charge is 2.22. The van der Waals surface area contributed by atoms with Crippen molar-refractivity contribution in [3.63, 3.8) is 0 Å². The van der Waals surface area contributed by atoms with Gasteiger partial charge in [-0.1, -0.05) is 17.3 Å². The van der Waals surface area contributed by atoms with Crippen molar-refractivity contribution in [1.29, 1.82) is 0 Å². The molecule has 6 heteroatoms. The van der Waals surface area contributed by atoms with Crippen LogP contribution in [0.5, 0.6) is 0 Å². The number of hydrogen-bond donors (Lipinski definition) is 1. The number of carbonyl (C=O) groups is 1. The number of nitrogens with zero attached hydrogens (tertiary/aromatic N) is 3. The highest BCUT2D eigenvalue weighted by molar-refractivity contribution is 5.95. The molecule has 2 aliphatic rings. The van der Waals surface area contributed by atoms with Crippen LogP contribution < -0.4 is 0 Å². The van der Waals surface area contributed by atoms with Gasteiger partial charge in [0.1, 0.15) is 5.69 Å². The van der Waals surface area contributed by atoms with Crippen LogP contribution in [0.25, 0.3) is 23.0 Å². The van der Waals surface area contributed by atoms with Crippen molar-refractivity contribution in [3.8, 4) is 23.0 Å². The molecule has 1 saturated heterocycles. The van der Waals surface area contributed by atoms with Crippen LogP contribution in [0.3, 0.4) is 0 Å². The van der Waals surface area contributed by atoms with Crippen LogP contribution >= 0.6 is 0 Å². The lowest BCUT2D eigenvalue weighted by Gasteiger charge is -2.26. The third-order valence-electron chi connectivity index (χ3n) is 5.85. The second-order valence-electron chi connectivity index (χ2n) is 7.73. The van der Waals surface area contributed by atoms with Crippen molar-refractivity contribution in [2.24, 2.45) is 0 Å². The molecule has 0 bridgehead atoms. The summed E-state index contributed by atoms with van der Waals surface area (Å²) in [5.41, 5.74) is 5.08. The van der Waals surface area contributed by atoms with E-state index in [0.717, 1.165) is 50.0 Å². The van der Waals surface area contributed by atoms with Crippen molar-refractivity contribution in [2.75, 3.05) is 13.1 Å². The van der Waals surface area contributed by atoms with Crippen LogP contribution in [-0.4, -0.2) is 39.0 Å². The molecule has 1 aliphatic carbocycles. The number of rotatable bonds is 3. The Morgan fingerprint density at radius 1 is 1.07 bits per heavy atom. The minimum Gasteiger partial charge on any atom is -0.357 e. The first-order valence-electron chi connectivity index (χ1n) is 10.2. The molecule has 3 aromatic rings. The molecule has 144 valence electrons. The number of benzene rings is 1. The van der Waals surface area contributed by atoms with E-state index in [4.69, 9.17) is 4.52 Å². The second kappa shape index (κ2) is 7.26. The van der Waals surface area contributed by atoms with Crippen LogP contribution in [0.4, 0.5) is 0 Å². The van der Waals surface area contributed by atoms with Gasteiger partial charge in [-0.15, -0.1) is 0 Å². The number of hydrogen-bond acceptors (Lipinski definition) is 4. The largest absolute Gasteiger partial charge is 0.357 e. The summed E-state index contributed by atoms with van der Waals surface area (Å²) in [6.07, 6.45) is 10.0. The lowest BCUT2D eigenvalue weighted by atomic mass is 9.94. The van der Waals surface area contributed by atoms with Crippen LogP contribution in [0.2, 0.25) is 0 Å². The van der Waals surface area contributed by atoms with E-state index in [1.165, 1.54) is 30.4 Å². The van der Waals surface area contributed by atoms with Gasteiger partial charge in [0.25, 0.3) is 11.8 Å². The molecule has 1 aliphatic heterocycles. The number of carbonyl (C=O) groups excluding carboxylic acids is 1. The lowest BCUT2D eigenvalue weighted by molar-refractivity contribution is 0.0724. The molecule has 28 heavy (non-hydrogen) atoms. The zero-order chi connectivity index (χ0) is 18.9. The Kier molecular flexibility index (Phi) is 4.47. The SMILES string of the molecule is O=C(c1cccc(-c2noc(-c3[nH]cc4c3CCCC4)n2)c1)N1CCCCC1. The number of piperidine rings is 1. The van der Waals surface area contributed by atoms with E-state index in [0.29, 0.717) is 17.3 Å². The number of amides is 1. The fraction of sp³-hybridized carbons (Fsp3) is 0.409. The minimum absolute atomic E-state index is 0.0868. The Labute approximate surface area is 163 Å². The van der Waals surface area contributed by atoms with Crippen molar-refractivity contribution >= 4 is 5.91 Å². The highest BCUT2D eigenvalue weighted by Crippen LogP contribution is 2.31. The Balaban J connectivity index is 1.42. The van der Waals surface area contributed by atoms with Crippen LogP contribution in [0, 0.1) is 0 Å². The quantitative estimate of drug-likeness (QED) is 0.742. The molecular weight excluding hydrogens is 352 g/mol. The second-order valence-corrected chi connectivity index (χ2v) is 7.73. The monoisotopic (exact) mass is 376 g/mol. The molecule has 1 fully saturated rings. The minimum atomic E-state index is 0.0868. The summed E-state index contributed by atoms with van der Waals surface area (Å²) in [5.74, 6) is 1.12. The van der Waals surface area contributed by atoms with Gasteiger partial charge in [-0.25, -0.2) is 0 Å². The third kappa shape index (κ3) is 3.13. The number of aryl methyl sites for hydroxylation is 1. The number of nitrogens with one attached hydrogen (secondary N) is 1. The number of aromatic nitrogens is 3. The van der Waals surface area contributed by atoms with Gasteiger partial charge in [-0.05, 0) is 68.2 Å². The smallest absolute Gasteiger partial charge is 0.274 e. The molecular formula is C22H24N4O2. The summed E-state index contributed by atoms with van der Waals surface area (Å²) < 4.78 is 5.56. The average Bonchev–Trinajstić information content (AvgIpc) is 3.41. The summed E-state index contributed by atoms with van der Waals surface area (Å²) in [7, 11) is 0. The van der Waals surface area contributed by atoms with Gasteiger partial charge in [-0.3, -0.25) is 4.79 Å². The van der Waals surface area contributed by atoms with Gasteiger partial charge in [-0.2, -0.15) is 4.98 Å². The van der Waals surface area contributed by atoms with E-state index in [1.54, 1.807) is 0 Å². The number of likely N-dealkylation sites (tertiary alicyclic amines) is 1. The highest BCUT2D eigenvalue weighted by atomic mass is 16.5. The number of fused-ring (bicyclic) bond motifs is 1. The molecule has 1 aromatic carbocycles. The summed E-state index contributed by atoms with van der Waals surface area (Å²) in [5, 5.41) is 4.17. The fourth-order valence-electron chi connectivity index (χ4n) is 4.32. The topological polar surface area (TPSA) is 75.0 Å². The van der Waals surface area contributed by atoms with Crippen molar-refractivity contribution in [3.05, 3.63) is 47.2 Å². The first-order chi connectivity index (χ1) is 13.8. The van der Waals surface area contributed by atoms with Gasteiger partial charge >= 0.3 is 0 Å². The van der Waals surface area contributed by atoms with E-state index < -0.39 is 0 Å². The van der Waals surface area contributed by atoms with Crippen molar-refractivity contribution in [1.82, 2.24) is 20.0 Å². The maximum atomic E-state index is 12.8. The predicted molar refractivity (Wildman–Crippen MR) is 106 cm³/mol. The molecule has 0 radical (unpaired) electrons. The average molecular weight is 376 g/mol. The molecule has 3 heterocycles. The maximum absolute atomic E-state index is 12.8. The summed E-state index contributed by atoms with van der Waals surface area (Å²) >= 11 is 0. The first kappa shape index (κ1) is 17.2. The predicted octanol–water partition coefficient (Wildman–Crippen LogP) is 4.24. The van der Waals surface area contributed by atoms with Gasteiger partial charge in [0.2, 0.25) is 5.82 Å². The van der Waals surface area contributed by atoms with Gasteiger partial charge in [0, 0.05) is 30.4 Å². The molecule has 1 N–H and O–H groups in total. The van der Waals surface area contributed by atoms with E-state index in [9.17, 15) is 4.79 Å². The normalized spacial score (nSPS) is 16.8. The molecule has 0 spiro atoms. The van der Waals surface area contributed by atoms with E-state index >= 15 is 0 Å². The summed E-state index contributed by atoms with van der Waals surface area (Å²) in [6, 6.07) is 7.55. The standard InChI is InChI=1S/C22H24N4O2/c27-22(26-11-4-1-5-12-26)16-9-6-8-15(13-16)20-24-21(28-25-20)19-18-10-3-2-7-17(18)14-23-19/h6,8-9,13-14,23H,1-5,7,10-12H2. The Morgan fingerprint density at radius 2 is 1.93 bits per heavy atom. The first-order valence-corrected chi connectivity index (χ1v) is 10.2. The van der Waals surface area contributed by atoms with Crippen molar-refractivity contribution in [2.45, 2.75) is 44.9 Å². The zero-order valence-corrected chi connectivity index (χ0v) is 15.9. The Bertz CT molecular complexity index is 998. The third-order valence-corrected chi connectivity index (χ3v) is 5.85. The molecule has 0 saturated carbocycles. The lowest BCUT2D eigenvalue weighted by Crippen LogP contribution is -2.35. The summed E-state index contributed by atoms with van der Waals surface area (Å²) in [4.78, 5) is 22.7. The molecule has 5 rings (SSSR count). The van der Waals surface area contributed by atoms with Crippen LogP contribution in [0.1, 0.15) is 53.6 Å². The molecule has 2 aromatic heterocycles. The van der Waals surface area contributed by atoms with Crippen LogP contribution in [-0.2, 0) is 12.8 Å². The number of H-pyrrole nitrogens is 1. The fourth-order valence-corrected chi connectivity index (χ4v) is 4.32. The maximum Gasteiger partial charge on any atom is 0.274 e. The van der Waals surface area contributed by atoms with Crippen LogP contribution in [0.15, 0.2) is 35.0 Å². The molecule has 0 unspecified atom stereocenters. The molecule has 0 atom stereocenters. The van der Waals surface area contributed by atoms with Gasteiger partial charge in [0.05, 0.1) is 0 Å². The van der Waals surface area contributed by atoms with E-state index in [-0.39, 0.29) is 5.91 Å². The molecule has 6 nitrogen and oxygen atoms in total. The summed E-state index contributed by atoms with van der Waals surface area (Å²) in [6.45, 7) is 1.68.